The van der Waals surface area contributed by atoms with Crippen molar-refractivity contribution in [2.24, 2.45) is 0 Å². The zero-order valence-electron chi connectivity index (χ0n) is 10.9. The molecule has 0 bridgehead atoms. The van der Waals surface area contributed by atoms with E-state index in [2.05, 4.69) is 4.98 Å². The summed E-state index contributed by atoms with van der Waals surface area (Å²) >= 11 is 1.23. The summed E-state index contributed by atoms with van der Waals surface area (Å²) in [6, 6.07) is 3.85. The van der Waals surface area contributed by atoms with E-state index in [4.69, 9.17) is 9.52 Å². The number of hydrogen-bond acceptors (Lipinski definition) is 4. The predicted molar refractivity (Wildman–Crippen MR) is 72.5 cm³/mol. The highest BCUT2D eigenvalue weighted by Gasteiger charge is 2.12. The van der Waals surface area contributed by atoms with Crippen LogP contribution in [-0.2, 0) is 17.8 Å². The second-order valence-corrected chi connectivity index (χ2v) is 5.11. The van der Waals surface area contributed by atoms with E-state index in [1.54, 1.807) is 6.20 Å². The van der Waals surface area contributed by atoms with Gasteiger partial charge in [-0.05, 0) is 25.5 Å². The topological polar surface area (TPSA) is 68.3 Å². The van der Waals surface area contributed by atoms with Crippen LogP contribution in [0.5, 0.6) is 0 Å². The molecule has 2 rings (SSSR count). The lowest BCUT2D eigenvalue weighted by Crippen LogP contribution is -2.06. The second-order valence-electron chi connectivity index (χ2n) is 4.17. The summed E-state index contributed by atoms with van der Waals surface area (Å²) in [6.07, 6.45) is 2.64. The highest BCUT2D eigenvalue weighted by molar-refractivity contribution is 7.99. The first-order valence-electron chi connectivity index (χ1n) is 6.04. The maximum absolute atomic E-state index is 10.6. The van der Waals surface area contributed by atoms with Crippen molar-refractivity contribution < 1.29 is 14.3 Å². The third-order valence-corrected chi connectivity index (χ3v) is 3.67. The molecule has 0 fully saturated rings. The van der Waals surface area contributed by atoms with Gasteiger partial charge in [0.1, 0.15) is 11.5 Å². The van der Waals surface area contributed by atoms with Crippen molar-refractivity contribution in [3.05, 3.63) is 35.5 Å². The Morgan fingerprint density at radius 1 is 1.53 bits per heavy atom. The monoisotopic (exact) mass is 280 g/mol. The molecule has 0 aliphatic heterocycles. The zero-order chi connectivity index (χ0) is 13.8. The van der Waals surface area contributed by atoms with Crippen molar-refractivity contribution in [2.75, 3.05) is 5.75 Å². The van der Waals surface area contributed by atoms with Crippen LogP contribution in [0.4, 0.5) is 0 Å². The molecule has 6 heteroatoms. The van der Waals surface area contributed by atoms with Gasteiger partial charge in [0.25, 0.3) is 0 Å². The summed E-state index contributed by atoms with van der Waals surface area (Å²) in [5, 5.41) is 9.46. The Morgan fingerprint density at radius 2 is 2.32 bits per heavy atom. The largest absolute Gasteiger partial charge is 0.481 e. The van der Waals surface area contributed by atoms with Gasteiger partial charge in [-0.15, -0.1) is 0 Å². The molecule has 0 unspecified atom stereocenters. The van der Waals surface area contributed by atoms with Gasteiger partial charge >= 0.3 is 5.97 Å². The van der Waals surface area contributed by atoms with Gasteiger partial charge in [0.05, 0.1) is 12.3 Å². The normalized spacial score (nSPS) is 10.8. The van der Waals surface area contributed by atoms with E-state index < -0.39 is 5.97 Å². The smallest absolute Gasteiger partial charge is 0.313 e. The first kappa shape index (κ1) is 13.7. The van der Waals surface area contributed by atoms with Gasteiger partial charge in [-0.2, -0.15) is 0 Å². The summed E-state index contributed by atoms with van der Waals surface area (Å²) in [5.74, 6) is 0.888. The molecule has 0 radical (unpaired) electrons. The van der Waals surface area contributed by atoms with Gasteiger partial charge in [0.2, 0.25) is 0 Å². The Morgan fingerprint density at radius 3 is 2.89 bits per heavy atom. The van der Waals surface area contributed by atoms with E-state index >= 15 is 0 Å². The number of nitrogens with zero attached hydrogens (tertiary/aromatic N) is 2. The molecule has 0 spiro atoms. The number of carboxylic acids is 1. The van der Waals surface area contributed by atoms with E-state index in [1.807, 2.05) is 30.5 Å². The molecule has 102 valence electrons. The van der Waals surface area contributed by atoms with E-state index in [0.29, 0.717) is 11.7 Å². The molecule has 1 N–H and O–H groups in total. The van der Waals surface area contributed by atoms with Crippen LogP contribution in [0.25, 0.3) is 0 Å². The number of carboxylic acid groups (broad SMARTS) is 1. The number of hydrogen-bond donors (Lipinski definition) is 1. The second kappa shape index (κ2) is 5.97. The molecule has 0 saturated heterocycles. The van der Waals surface area contributed by atoms with Crippen LogP contribution in [-0.4, -0.2) is 26.4 Å². The van der Waals surface area contributed by atoms with Crippen LogP contribution in [0.2, 0.25) is 0 Å². The Hall–Kier alpha value is -1.69. The minimum Gasteiger partial charge on any atom is -0.481 e. The molecule has 0 aliphatic rings. The van der Waals surface area contributed by atoms with E-state index in [9.17, 15) is 4.79 Å². The number of rotatable bonds is 6. The average Bonchev–Trinajstić information content (AvgIpc) is 2.94. The third-order valence-electron chi connectivity index (χ3n) is 2.70. The first-order chi connectivity index (χ1) is 9.10. The maximum Gasteiger partial charge on any atom is 0.313 e. The molecule has 5 nitrogen and oxygen atoms in total. The first-order valence-corrected chi connectivity index (χ1v) is 7.03. The third kappa shape index (κ3) is 3.41. The quantitative estimate of drug-likeness (QED) is 0.824. The molecule has 19 heavy (non-hydrogen) atoms. The van der Waals surface area contributed by atoms with Gasteiger partial charge in [-0.3, -0.25) is 4.79 Å². The van der Waals surface area contributed by atoms with Crippen molar-refractivity contribution >= 4 is 17.7 Å². The molecule has 0 atom stereocenters. The van der Waals surface area contributed by atoms with E-state index in [1.165, 1.54) is 11.8 Å². The van der Waals surface area contributed by atoms with E-state index in [-0.39, 0.29) is 5.75 Å². The van der Waals surface area contributed by atoms with Crippen LogP contribution >= 0.6 is 11.8 Å². The van der Waals surface area contributed by atoms with Crippen LogP contribution in [0.3, 0.4) is 0 Å². The molecular weight excluding hydrogens is 264 g/mol. The minimum absolute atomic E-state index is 0.0113. The van der Waals surface area contributed by atoms with Gasteiger partial charge in [0.15, 0.2) is 5.16 Å². The number of aliphatic carboxylic acids is 1. The fourth-order valence-electron chi connectivity index (χ4n) is 1.81. The lowest BCUT2D eigenvalue weighted by molar-refractivity contribution is -0.133. The van der Waals surface area contributed by atoms with Gasteiger partial charge < -0.3 is 14.1 Å². The number of aromatic nitrogens is 2. The maximum atomic E-state index is 10.6. The standard InChI is InChI=1S/C13H16N2O3S/c1-3-10-6-14-13(19-8-12(16)17)15(10)7-11-5-4-9(2)18-11/h4-6H,3,7-8H2,1-2H3,(H,16,17). The van der Waals surface area contributed by atoms with Crippen molar-refractivity contribution in [1.82, 2.24) is 9.55 Å². The molecule has 2 aromatic rings. The predicted octanol–water partition coefficient (Wildman–Crippen LogP) is 2.57. The Kier molecular flexibility index (Phi) is 4.31. The molecule has 0 saturated carbocycles. The van der Waals surface area contributed by atoms with Crippen LogP contribution in [0.1, 0.15) is 24.1 Å². The summed E-state index contributed by atoms with van der Waals surface area (Å²) in [4.78, 5) is 14.9. The molecule has 0 aliphatic carbocycles. The fourth-order valence-corrected chi connectivity index (χ4v) is 2.53. The molecule has 2 heterocycles. The van der Waals surface area contributed by atoms with Gasteiger partial charge in [-0.1, -0.05) is 18.7 Å². The lowest BCUT2D eigenvalue weighted by atomic mass is 10.3. The summed E-state index contributed by atoms with van der Waals surface area (Å²) in [6.45, 7) is 4.53. The molecule has 0 aromatic carbocycles. The highest BCUT2D eigenvalue weighted by Crippen LogP contribution is 2.21. The van der Waals surface area contributed by atoms with Crippen molar-refractivity contribution in [1.29, 1.82) is 0 Å². The Labute approximate surface area is 115 Å². The van der Waals surface area contributed by atoms with E-state index in [0.717, 1.165) is 23.6 Å². The Bertz CT molecular complexity index is 574. The molecular formula is C13H16N2O3S. The number of aryl methyl sites for hydroxylation is 2. The van der Waals surface area contributed by atoms with Crippen LogP contribution in [0, 0.1) is 6.92 Å². The number of carbonyl (C=O) groups is 1. The Balaban J connectivity index is 2.20. The molecule has 2 aromatic heterocycles. The summed E-state index contributed by atoms with van der Waals surface area (Å²) in [5.41, 5.74) is 1.07. The number of imidazole rings is 1. The summed E-state index contributed by atoms with van der Waals surface area (Å²) in [7, 11) is 0. The summed E-state index contributed by atoms with van der Waals surface area (Å²) < 4.78 is 7.57. The fraction of sp³-hybridized carbons (Fsp3) is 0.385. The average molecular weight is 280 g/mol. The zero-order valence-corrected chi connectivity index (χ0v) is 11.7. The van der Waals surface area contributed by atoms with Crippen molar-refractivity contribution in [3.63, 3.8) is 0 Å². The molecule has 0 amide bonds. The number of furan rings is 1. The number of thioether (sulfide) groups is 1. The van der Waals surface area contributed by atoms with Crippen molar-refractivity contribution in [2.45, 2.75) is 32.0 Å². The highest BCUT2D eigenvalue weighted by atomic mass is 32.2. The van der Waals surface area contributed by atoms with Crippen LogP contribution in [0.15, 0.2) is 27.9 Å². The van der Waals surface area contributed by atoms with Gasteiger partial charge in [-0.25, -0.2) is 4.98 Å². The van der Waals surface area contributed by atoms with Gasteiger partial charge in [0, 0.05) is 11.9 Å². The van der Waals surface area contributed by atoms with Crippen LogP contribution < -0.4 is 0 Å². The lowest BCUT2D eigenvalue weighted by Gasteiger charge is -2.08. The SMILES string of the molecule is CCc1cnc(SCC(=O)O)n1Cc1ccc(C)o1. The van der Waals surface area contributed by atoms with Crippen molar-refractivity contribution in [3.8, 4) is 0 Å². The minimum atomic E-state index is -0.841.